The molecule has 0 radical (unpaired) electrons. The van der Waals surface area contributed by atoms with Crippen molar-refractivity contribution in [3.05, 3.63) is 0 Å². The molecule has 1 saturated heterocycles. The first-order valence-corrected chi connectivity index (χ1v) is 3.38. The number of hydrogen-bond donors (Lipinski definition) is 0. The molecule has 1 aliphatic rings. The van der Waals surface area contributed by atoms with Crippen LogP contribution >= 0.6 is 0 Å². The van der Waals surface area contributed by atoms with Gasteiger partial charge in [-0.2, -0.15) is 13.2 Å². The molecule has 0 N–H and O–H groups in total. The molecule has 0 amide bonds. The van der Waals surface area contributed by atoms with E-state index in [9.17, 15) is 17.6 Å². The average Bonchev–Trinajstić information content (AvgIpc) is 1.83. The average molecular weight is 188 g/mol. The Morgan fingerprint density at radius 1 is 1.42 bits per heavy atom. The first kappa shape index (κ1) is 9.73. The van der Waals surface area contributed by atoms with Gasteiger partial charge in [-0.15, -0.1) is 0 Å². The summed E-state index contributed by atoms with van der Waals surface area (Å²) in [4.78, 5) is 0. The molecule has 72 valence electrons. The summed E-state index contributed by atoms with van der Waals surface area (Å²) < 4.78 is 57.0. The van der Waals surface area contributed by atoms with E-state index in [1.165, 1.54) is 0 Å². The van der Waals surface area contributed by atoms with Crippen LogP contribution in [0.3, 0.4) is 0 Å². The smallest absolute Gasteiger partial charge is 0.343 e. The van der Waals surface area contributed by atoms with E-state index < -0.39 is 18.3 Å². The number of halogens is 4. The summed E-state index contributed by atoms with van der Waals surface area (Å²) in [7, 11) is 0. The molecule has 2 atom stereocenters. The van der Waals surface area contributed by atoms with Crippen molar-refractivity contribution in [3.63, 3.8) is 0 Å². The van der Waals surface area contributed by atoms with Crippen LogP contribution in [0.15, 0.2) is 0 Å². The van der Waals surface area contributed by atoms with E-state index in [1.807, 2.05) is 0 Å². The second-order valence-electron chi connectivity index (χ2n) is 2.61. The Kier molecular flexibility index (Phi) is 2.31. The third-order valence-electron chi connectivity index (χ3n) is 1.59. The van der Waals surface area contributed by atoms with Crippen LogP contribution < -0.4 is 0 Å². The van der Waals surface area contributed by atoms with Gasteiger partial charge in [-0.1, -0.05) is 0 Å². The molecule has 0 aliphatic carbocycles. The number of alkyl halides is 4. The fourth-order valence-corrected chi connectivity index (χ4v) is 0.832. The molecular weight excluding hydrogens is 180 g/mol. The maximum Gasteiger partial charge on any atom is 0.443 e. The highest BCUT2D eigenvalue weighted by molar-refractivity contribution is 4.76. The fourth-order valence-electron chi connectivity index (χ4n) is 0.832. The standard InChI is InChI=1S/C6H8F4O2/c1-5(6(8,9)10)11-3-2-4(7)12-5/h4H,2-3H2,1H3. The fraction of sp³-hybridized carbons (Fsp3) is 1.00. The van der Waals surface area contributed by atoms with Crippen LogP contribution in [0.2, 0.25) is 0 Å². The number of ether oxygens (including phenoxy) is 2. The van der Waals surface area contributed by atoms with E-state index in [1.54, 1.807) is 0 Å². The molecule has 0 bridgehead atoms. The van der Waals surface area contributed by atoms with Crippen LogP contribution in [0.5, 0.6) is 0 Å². The summed E-state index contributed by atoms with van der Waals surface area (Å²) in [6, 6.07) is 0. The Labute approximate surface area is 66.4 Å². The highest BCUT2D eigenvalue weighted by Crippen LogP contribution is 2.38. The van der Waals surface area contributed by atoms with Crippen LogP contribution in [-0.4, -0.2) is 24.9 Å². The van der Waals surface area contributed by atoms with Crippen molar-refractivity contribution in [3.8, 4) is 0 Å². The van der Waals surface area contributed by atoms with Crippen LogP contribution in [0, 0.1) is 0 Å². The van der Waals surface area contributed by atoms with Crippen LogP contribution in [0.25, 0.3) is 0 Å². The maximum atomic E-state index is 12.4. The lowest BCUT2D eigenvalue weighted by Gasteiger charge is -2.36. The van der Waals surface area contributed by atoms with E-state index in [-0.39, 0.29) is 13.0 Å². The van der Waals surface area contributed by atoms with Gasteiger partial charge >= 0.3 is 6.18 Å². The third-order valence-corrected chi connectivity index (χ3v) is 1.59. The molecule has 1 fully saturated rings. The lowest BCUT2D eigenvalue weighted by atomic mass is 10.2. The minimum absolute atomic E-state index is 0.161. The SMILES string of the molecule is CC1(C(F)(F)F)OCCC(F)O1. The molecule has 0 spiro atoms. The van der Waals surface area contributed by atoms with Crippen molar-refractivity contribution >= 4 is 0 Å². The van der Waals surface area contributed by atoms with Gasteiger partial charge in [0, 0.05) is 6.42 Å². The van der Waals surface area contributed by atoms with E-state index in [0.29, 0.717) is 6.92 Å². The molecule has 0 aromatic heterocycles. The van der Waals surface area contributed by atoms with Crippen LogP contribution in [0.1, 0.15) is 13.3 Å². The van der Waals surface area contributed by atoms with Crippen molar-refractivity contribution in [2.45, 2.75) is 31.7 Å². The predicted molar refractivity (Wildman–Crippen MR) is 31.0 cm³/mol. The zero-order chi connectivity index (χ0) is 9.41. The van der Waals surface area contributed by atoms with E-state index in [4.69, 9.17) is 0 Å². The molecule has 2 nitrogen and oxygen atoms in total. The summed E-state index contributed by atoms with van der Waals surface area (Å²) in [6.45, 7) is 0.385. The van der Waals surface area contributed by atoms with Crippen molar-refractivity contribution in [2.75, 3.05) is 6.61 Å². The summed E-state index contributed by atoms with van der Waals surface area (Å²) in [6.07, 6.45) is -6.76. The van der Waals surface area contributed by atoms with Gasteiger partial charge in [0.05, 0.1) is 6.61 Å². The molecule has 2 unspecified atom stereocenters. The number of rotatable bonds is 0. The largest absolute Gasteiger partial charge is 0.443 e. The summed E-state index contributed by atoms with van der Waals surface area (Å²) in [5.74, 6) is -2.79. The topological polar surface area (TPSA) is 18.5 Å². The van der Waals surface area contributed by atoms with Gasteiger partial charge in [0.2, 0.25) is 6.36 Å². The molecular formula is C6H8F4O2. The minimum Gasteiger partial charge on any atom is -0.343 e. The van der Waals surface area contributed by atoms with Crippen molar-refractivity contribution in [2.24, 2.45) is 0 Å². The Bertz CT molecular complexity index is 169. The van der Waals surface area contributed by atoms with E-state index in [0.717, 1.165) is 0 Å². The van der Waals surface area contributed by atoms with Gasteiger partial charge in [-0.05, 0) is 6.92 Å². The highest BCUT2D eigenvalue weighted by Gasteiger charge is 2.56. The molecule has 6 heteroatoms. The normalized spacial score (nSPS) is 38.2. The van der Waals surface area contributed by atoms with Crippen molar-refractivity contribution in [1.29, 1.82) is 0 Å². The third kappa shape index (κ3) is 1.69. The molecule has 0 saturated carbocycles. The molecule has 12 heavy (non-hydrogen) atoms. The van der Waals surface area contributed by atoms with Gasteiger partial charge in [-0.25, -0.2) is 4.39 Å². The molecule has 1 aliphatic heterocycles. The lowest BCUT2D eigenvalue weighted by Crippen LogP contribution is -2.52. The zero-order valence-electron chi connectivity index (χ0n) is 6.32. The Morgan fingerprint density at radius 2 is 2.00 bits per heavy atom. The van der Waals surface area contributed by atoms with E-state index >= 15 is 0 Å². The quantitative estimate of drug-likeness (QED) is 0.541. The highest BCUT2D eigenvalue weighted by atomic mass is 19.4. The molecule has 1 heterocycles. The monoisotopic (exact) mass is 188 g/mol. The molecule has 0 aromatic rings. The minimum atomic E-state index is -4.70. The van der Waals surface area contributed by atoms with Gasteiger partial charge in [0.1, 0.15) is 0 Å². The van der Waals surface area contributed by atoms with Gasteiger partial charge in [0.25, 0.3) is 5.79 Å². The first-order chi connectivity index (χ1) is 5.35. The Hall–Kier alpha value is -0.360. The molecule has 0 aromatic carbocycles. The Balaban J connectivity index is 2.70. The Morgan fingerprint density at radius 3 is 2.33 bits per heavy atom. The summed E-state index contributed by atoms with van der Waals surface area (Å²) in [5, 5.41) is 0. The predicted octanol–water partition coefficient (Wildman–Crippen LogP) is 2.00. The molecule has 1 rings (SSSR count). The first-order valence-electron chi connectivity index (χ1n) is 3.38. The van der Waals surface area contributed by atoms with Crippen LogP contribution in [0.4, 0.5) is 17.6 Å². The lowest BCUT2D eigenvalue weighted by molar-refractivity contribution is -0.415. The summed E-state index contributed by atoms with van der Waals surface area (Å²) in [5.41, 5.74) is 0. The van der Waals surface area contributed by atoms with Crippen molar-refractivity contribution in [1.82, 2.24) is 0 Å². The maximum absolute atomic E-state index is 12.4. The second-order valence-corrected chi connectivity index (χ2v) is 2.61. The zero-order valence-corrected chi connectivity index (χ0v) is 6.32. The van der Waals surface area contributed by atoms with E-state index in [2.05, 4.69) is 9.47 Å². The van der Waals surface area contributed by atoms with Crippen LogP contribution in [-0.2, 0) is 9.47 Å². The second kappa shape index (κ2) is 2.85. The van der Waals surface area contributed by atoms with Crippen molar-refractivity contribution < 1.29 is 27.0 Å². The summed E-state index contributed by atoms with van der Waals surface area (Å²) >= 11 is 0. The number of hydrogen-bond acceptors (Lipinski definition) is 2. The van der Waals surface area contributed by atoms with Gasteiger partial charge in [0.15, 0.2) is 0 Å². The van der Waals surface area contributed by atoms with Gasteiger partial charge in [-0.3, -0.25) is 0 Å². The van der Waals surface area contributed by atoms with Gasteiger partial charge < -0.3 is 9.47 Å².